The lowest BCUT2D eigenvalue weighted by molar-refractivity contribution is -0.113. The van der Waals surface area contributed by atoms with Gasteiger partial charge in [-0.3, -0.25) is 4.79 Å². The number of nitrogens with zero attached hydrogens (tertiary/aromatic N) is 3. The number of aromatic nitrogens is 3. The average Bonchev–Trinajstić information content (AvgIpc) is 3.26. The van der Waals surface area contributed by atoms with E-state index in [0.29, 0.717) is 10.3 Å². The number of carbonyl (C=O) groups is 1. The Morgan fingerprint density at radius 3 is 2.00 bits per heavy atom. The average molecular weight is 455 g/mol. The smallest absolute Gasteiger partial charge is 0.236 e. The van der Waals surface area contributed by atoms with Gasteiger partial charge in [0.1, 0.15) is 0 Å². The predicted octanol–water partition coefficient (Wildman–Crippen LogP) is 6.15. The molecule has 7 heteroatoms. The van der Waals surface area contributed by atoms with Crippen molar-refractivity contribution >= 4 is 44.4 Å². The lowest BCUT2D eigenvalue weighted by Gasteiger charge is -2.08. The van der Waals surface area contributed by atoms with Crippen LogP contribution in [0.5, 0.6) is 0 Å². The van der Waals surface area contributed by atoms with Gasteiger partial charge in [0.25, 0.3) is 0 Å². The molecule has 0 saturated heterocycles. The summed E-state index contributed by atoms with van der Waals surface area (Å²) in [6, 6.07) is 29.8. The van der Waals surface area contributed by atoms with Crippen molar-refractivity contribution in [3.05, 3.63) is 91.0 Å². The summed E-state index contributed by atoms with van der Waals surface area (Å²) in [4.78, 5) is 26.4. The first kappa shape index (κ1) is 20.4. The second-order valence-electron chi connectivity index (χ2n) is 6.98. The minimum Gasteiger partial charge on any atom is -0.301 e. The van der Waals surface area contributed by atoms with Crippen molar-refractivity contribution in [3.63, 3.8) is 0 Å². The lowest BCUT2D eigenvalue weighted by atomic mass is 10.1. The largest absolute Gasteiger partial charge is 0.301 e. The number of fused-ring (bicyclic) bond motifs is 1. The number of rotatable bonds is 6. The molecular weight excluding hydrogens is 436 g/mol. The molecule has 0 aliphatic heterocycles. The maximum atomic E-state index is 12.6. The molecule has 2 heterocycles. The fourth-order valence-corrected chi connectivity index (χ4v) is 4.75. The van der Waals surface area contributed by atoms with Crippen molar-refractivity contribution in [3.8, 4) is 22.5 Å². The van der Waals surface area contributed by atoms with Gasteiger partial charge in [-0.1, -0.05) is 95.9 Å². The highest BCUT2D eigenvalue weighted by Gasteiger charge is 2.12. The second-order valence-corrected chi connectivity index (χ2v) is 8.95. The number of thioether (sulfide) groups is 1. The van der Waals surface area contributed by atoms with E-state index in [1.807, 2.05) is 91.0 Å². The van der Waals surface area contributed by atoms with E-state index in [9.17, 15) is 4.79 Å². The summed E-state index contributed by atoms with van der Waals surface area (Å²) in [5, 5.41) is 4.04. The fourth-order valence-electron chi connectivity index (χ4n) is 3.21. The quantitative estimate of drug-likeness (QED) is 0.246. The standard InChI is InChI=1S/C25H18N4OS2/c30-23(29-25-26-19-13-7-8-14-22(19)32-25)16-31-24-27-20(17-9-3-1-4-10-17)15-21(28-24)18-11-5-2-6-12-18/h1-15H,16H2,(H,26,29,30). The first-order valence-corrected chi connectivity index (χ1v) is 11.8. The molecule has 5 rings (SSSR count). The van der Waals surface area contributed by atoms with Gasteiger partial charge in [-0.15, -0.1) is 0 Å². The zero-order valence-corrected chi connectivity index (χ0v) is 18.6. The number of thiazole rings is 1. The third-order valence-corrected chi connectivity index (χ3v) is 6.52. The van der Waals surface area contributed by atoms with Crippen molar-refractivity contribution in [2.75, 3.05) is 11.1 Å². The van der Waals surface area contributed by atoms with Crippen LogP contribution in [0.25, 0.3) is 32.7 Å². The third-order valence-electron chi connectivity index (χ3n) is 4.72. The van der Waals surface area contributed by atoms with Crippen molar-refractivity contribution in [1.82, 2.24) is 15.0 Å². The Hall–Kier alpha value is -3.55. The Bertz CT molecular complexity index is 1280. The molecule has 2 aromatic heterocycles. The number of hydrogen-bond acceptors (Lipinski definition) is 6. The Labute approximate surface area is 193 Å². The monoisotopic (exact) mass is 454 g/mol. The van der Waals surface area contributed by atoms with Gasteiger partial charge in [0.2, 0.25) is 5.91 Å². The zero-order valence-electron chi connectivity index (χ0n) is 16.9. The van der Waals surface area contributed by atoms with Gasteiger partial charge in [0, 0.05) is 11.1 Å². The van der Waals surface area contributed by atoms with Gasteiger partial charge in [-0.25, -0.2) is 15.0 Å². The number of hydrogen-bond donors (Lipinski definition) is 1. The fraction of sp³-hybridized carbons (Fsp3) is 0.0400. The number of carbonyl (C=O) groups excluding carboxylic acids is 1. The summed E-state index contributed by atoms with van der Waals surface area (Å²) in [6.45, 7) is 0. The van der Waals surface area contributed by atoms with Gasteiger partial charge < -0.3 is 5.32 Å². The Morgan fingerprint density at radius 1 is 0.781 bits per heavy atom. The van der Waals surface area contributed by atoms with Crippen LogP contribution >= 0.6 is 23.1 Å². The molecule has 1 amide bonds. The molecule has 0 aliphatic rings. The van der Waals surface area contributed by atoms with Gasteiger partial charge >= 0.3 is 0 Å². The van der Waals surface area contributed by atoms with E-state index in [-0.39, 0.29) is 11.7 Å². The van der Waals surface area contributed by atoms with Crippen molar-refractivity contribution in [1.29, 1.82) is 0 Å². The molecular formula is C25H18N4OS2. The summed E-state index contributed by atoms with van der Waals surface area (Å²) in [6.07, 6.45) is 0. The van der Waals surface area contributed by atoms with E-state index in [0.717, 1.165) is 32.7 Å². The van der Waals surface area contributed by atoms with E-state index >= 15 is 0 Å². The summed E-state index contributed by atoms with van der Waals surface area (Å²) in [5.74, 6) is 0.0617. The first-order chi connectivity index (χ1) is 15.7. The molecule has 3 aromatic carbocycles. The van der Waals surface area contributed by atoms with Crippen LogP contribution in [0, 0.1) is 0 Å². The second kappa shape index (κ2) is 9.30. The summed E-state index contributed by atoms with van der Waals surface area (Å²) in [7, 11) is 0. The molecule has 0 saturated carbocycles. The van der Waals surface area contributed by atoms with E-state index in [4.69, 9.17) is 9.97 Å². The van der Waals surface area contributed by atoms with E-state index in [1.54, 1.807) is 0 Å². The third kappa shape index (κ3) is 4.69. The summed E-state index contributed by atoms with van der Waals surface area (Å²) in [5.41, 5.74) is 4.55. The molecule has 0 fully saturated rings. The number of amides is 1. The molecule has 0 spiro atoms. The van der Waals surface area contributed by atoms with E-state index < -0.39 is 0 Å². The van der Waals surface area contributed by atoms with Crippen molar-refractivity contribution in [2.45, 2.75) is 5.16 Å². The molecule has 156 valence electrons. The molecule has 0 bridgehead atoms. The number of benzene rings is 3. The number of nitrogens with one attached hydrogen (secondary N) is 1. The highest BCUT2D eigenvalue weighted by Crippen LogP contribution is 2.28. The SMILES string of the molecule is O=C(CSc1nc(-c2ccccc2)cc(-c2ccccc2)n1)Nc1nc2ccccc2s1. The summed E-state index contributed by atoms with van der Waals surface area (Å²) >= 11 is 2.78. The molecule has 0 aliphatic carbocycles. The molecule has 32 heavy (non-hydrogen) atoms. The van der Waals surface area contributed by atoms with Crippen LogP contribution in [0.1, 0.15) is 0 Å². The van der Waals surface area contributed by atoms with Crippen molar-refractivity contribution in [2.24, 2.45) is 0 Å². The Balaban J connectivity index is 1.36. The molecule has 0 atom stereocenters. The zero-order chi connectivity index (χ0) is 21.8. The minimum absolute atomic E-state index is 0.135. The van der Waals surface area contributed by atoms with E-state index in [1.165, 1.54) is 23.1 Å². The van der Waals surface area contributed by atoms with Crippen LogP contribution in [0.4, 0.5) is 5.13 Å². The number of para-hydroxylation sites is 1. The maximum absolute atomic E-state index is 12.6. The van der Waals surface area contributed by atoms with Crippen LogP contribution in [0.15, 0.2) is 96.2 Å². The number of anilines is 1. The van der Waals surface area contributed by atoms with Crippen LogP contribution in [-0.4, -0.2) is 26.6 Å². The van der Waals surface area contributed by atoms with Gasteiger partial charge in [-0.05, 0) is 18.2 Å². The molecule has 1 N–H and O–H groups in total. The Morgan fingerprint density at radius 2 is 1.38 bits per heavy atom. The van der Waals surface area contributed by atoms with Gasteiger partial charge in [-0.2, -0.15) is 0 Å². The predicted molar refractivity (Wildman–Crippen MR) is 132 cm³/mol. The van der Waals surface area contributed by atoms with Crippen LogP contribution in [-0.2, 0) is 4.79 Å². The van der Waals surface area contributed by atoms with Crippen LogP contribution in [0.2, 0.25) is 0 Å². The lowest BCUT2D eigenvalue weighted by Crippen LogP contribution is -2.14. The van der Waals surface area contributed by atoms with Crippen LogP contribution < -0.4 is 5.32 Å². The first-order valence-electron chi connectivity index (χ1n) is 10.0. The highest BCUT2D eigenvalue weighted by atomic mass is 32.2. The van der Waals surface area contributed by atoms with Crippen LogP contribution in [0.3, 0.4) is 0 Å². The minimum atomic E-state index is -0.135. The molecule has 5 aromatic rings. The normalized spacial score (nSPS) is 10.9. The van der Waals surface area contributed by atoms with Gasteiger partial charge in [0.15, 0.2) is 10.3 Å². The topological polar surface area (TPSA) is 67.8 Å². The van der Waals surface area contributed by atoms with E-state index in [2.05, 4.69) is 10.3 Å². The molecule has 0 radical (unpaired) electrons. The molecule has 5 nitrogen and oxygen atoms in total. The maximum Gasteiger partial charge on any atom is 0.236 e. The highest BCUT2D eigenvalue weighted by molar-refractivity contribution is 7.99. The summed E-state index contributed by atoms with van der Waals surface area (Å²) < 4.78 is 1.04. The Kier molecular flexibility index (Phi) is 5.91. The molecule has 0 unspecified atom stereocenters. The van der Waals surface area contributed by atoms with Gasteiger partial charge in [0.05, 0.1) is 27.4 Å². The van der Waals surface area contributed by atoms with Crippen molar-refractivity contribution < 1.29 is 4.79 Å².